The first-order chi connectivity index (χ1) is 13.9. The molecular weight excluding hydrogens is 360 g/mol. The van der Waals surface area contributed by atoms with Gasteiger partial charge in [-0.1, -0.05) is 36.4 Å². The molecule has 1 aliphatic heterocycles. The molecule has 3 heteroatoms. The topological polar surface area (TPSA) is 35.5 Å². The molecule has 3 atom stereocenters. The quantitative estimate of drug-likeness (QED) is 0.596. The maximum Gasteiger partial charge on any atom is 0.133 e. The van der Waals surface area contributed by atoms with E-state index in [4.69, 9.17) is 9.47 Å². The van der Waals surface area contributed by atoms with Gasteiger partial charge in [-0.25, -0.2) is 0 Å². The van der Waals surface area contributed by atoms with E-state index >= 15 is 0 Å². The van der Waals surface area contributed by atoms with Crippen LogP contribution >= 0.6 is 0 Å². The van der Waals surface area contributed by atoms with Crippen molar-refractivity contribution < 1.29 is 14.3 Å². The first-order valence-electron chi connectivity index (χ1n) is 11.0. The number of hydrogen-bond donors (Lipinski definition) is 0. The van der Waals surface area contributed by atoms with E-state index in [0.717, 1.165) is 37.2 Å². The number of carbonyl (C=O) groups is 1. The molecule has 154 valence electrons. The Kier molecular flexibility index (Phi) is 5.67. The highest BCUT2D eigenvalue weighted by molar-refractivity contribution is 5.80. The van der Waals surface area contributed by atoms with E-state index in [1.165, 1.54) is 11.1 Å². The molecule has 2 aliphatic rings. The van der Waals surface area contributed by atoms with Crippen LogP contribution in [0.1, 0.15) is 69.9 Å². The Morgan fingerprint density at radius 1 is 1.17 bits per heavy atom. The fourth-order valence-corrected chi connectivity index (χ4v) is 5.04. The van der Waals surface area contributed by atoms with Crippen LogP contribution in [0.2, 0.25) is 0 Å². The Hall–Kier alpha value is -2.29. The Labute approximate surface area is 174 Å². The minimum Gasteiger partial charge on any atom is -0.491 e. The lowest BCUT2D eigenvalue weighted by Crippen LogP contribution is -2.46. The molecule has 1 aliphatic carbocycles. The number of ketones is 1. The average molecular weight is 393 g/mol. The predicted molar refractivity (Wildman–Crippen MR) is 116 cm³/mol. The van der Waals surface area contributed by atoms with Gasteiger partial charge in [0.2, 0.25) is 0 Å². The van der Waals surface area contributed by atoms with Crippen molar-refractivity contribution in [1.29, 1.82) is 0 Å². The van der Waals surface area contributed by atoms with Gasteiger partial charge in [0.25, 0.3) is 0 Å². The largest absolute Gasteiger partial charge is 0.491 e. The summed E-state index contributed by atoms with van der Waals surface area (Å²) in [7, 11) is 0. The number of ether oxygens (including phenoxy) is 2. The number of carbonyl (C=O) groups excluding carboxylic acids is 1. The van der Waals surface area contributed by atoms with Crippen LogP contribution in [-0.2, 0) is 11.2 Å². The molecule has 0 radical (unpaired) electrons. The summed E-state index contributed by atoms with van der Waals surface area (Å²) < 4.78 is 12.6. The molecule has 0 N–H and O–H groups in total. The molecule has 0 saturated heterocycles. The minimum absolute atomic E-state index is 0.150. The van der Waals surface area contributed by atoms with Crippen molar-refractivity contribution >= 4 is 5.78 Å². The lowest BCUT2D eigenvalue weighted by atomic mass is 9.66. The second-order valence-electron chi connectivity index (χ2n) is 9.21. The van der Waals surface area contributed by atoms with Crippen LogP contribution in [0.3, 0.4) is 0 Å². The molecule has 3 unspecified atom stereocenters. The second kappa shape index (κ2) is 8.22. The third-order valence-electron chi connectivity index (χ3n) is 6.57. The van der Waals surface area contributed by atoms with Crippen molar-refractivity contribution in [1.82, 2.24) is 0 Å². The molecule has 0 bridgehead atoms. The predicted octanol–water partition coefficient (Wildman–Crippen LogP) is 6.10. The summed E-state index contributed by atoms with van der Waals surface area (Å²) >= 11 is 0. The zero-order chi connectivity index (χ0) is 20.4. The normalized spacial score (nSPS) is 23.5. The van der Waals surface area contributed by atoms with Crippen LogP contribution in [0.5, 0.6) is 11.5 Å². The Balaban J connectivity index is 1.41. The highest BCUT2D eigenvalue weighted by Gasteiger charge is 2.46. The van der Waals surface area contributed by atoms with Crippen molar-refractivity contribution in [2.45, 2.75) is 76.9 Å². The molecule has 1 saturated carbocycles. The van der Waals surface area contributed by atoms with Crippen LogP contribution in [-0.4, -0.2) is 17.5 Å². The van der Waals surface area contributed by atoms with Crippen LogP contribution in [0.25, 0.3) is 0 Å². The number of hydrogen-bond acceptors (Lipinski definition) is 3. The third-order valence-corrected chi connectivity index (χ3v) is 6.57. The number of Topliss-reactive ketones (excluding diaryl/α,β-unsaturated/α-hetero) is 1. The molecule has 3 nitrogen and oxygen atoms in total. The molecule has 1 fully saturated rings. The molecular formula is C26H32O3. The van der Waals surface area contributed by atoms with E-state index in [0.29, 0.717) is 24.5 Å². The summed E-state index contributed by atoms with van der Waals surface area (Å²) in [6.07, 6.45) is 5.59. The number of fused-ring (bicyclic) bond motifs is 3. The lowest BCUT2D eigenvalue weighted by molar-refractivity contribution is -0.124. The summed E-state index contributed by atoms with van der Waals surface area (Å²) in [4.78, 5) is 12.1. The van der Waals surface area contributed by atoms with Crippen molar-refractivity contribution in [2.24, 2.45) is 5.92 Å². The summed E-state index contributed by atoms with van der Waals surface area (Å²) in [6, 6.07) is 16.8. The molecule has 2 aromatic rings. The standard InChI is InChI=1S/C26H32O3/c1-18(8-7-11-19-9-5-4-6-10-19)28-21-13-14-22-23-16-20(27)12-15-24(23)26(2,3)29-25(22)17-21/h4-6,9-10,13-14,17-18,23-24H,7-8,11-12,15-16H2,1-3H3. The van der Waals surface area contributed by atoms with Gasteiger partial charge in [-0.15, -0.1) is 0 Å². The Bertz CT molecular complexity index is 856. The number of benzene rings is 2. The van der Waals surface area contributed by atoms with E-state index < -0.39 is 0 Å². The smallest absolute Gasteiger partial charge is 0.133 e. The van der Waals surface area contributed by atoms with Crippen LogP contribution < -0.4 is 9.47 Å². The van der Waals surface area contributed by atoms with Gasteiger partial charge >= 0.3 is 0 Å². The third kappa shape index (κ3) is 4.49. The molecule has 2 aromatic carbocycles. The van der Waals surface area contributed by atoms with E-state index in [-0.39, 0.29) is 17.6 Å². The molecule has 1 heterocycles. The zero-order valence-corrected chi connectivity index (χ0v) is 17.8. The molecule has 0 spiro atoms. The molecule has 0 amide bonds. The van der Waals surface area contributed by atoms with Gasteiger partial charge in [-0.2, -0.15) is 0 Å². The van der Waals surface area contributed by atoms with Gasteiger partial charge in [-0.3, -0.25) is 4.79 Å². The molecule has 4 rings (SSSR count). The number of aryl methyl sites for hydroxylation is 1. The van der Waals surface area contributed by atoms with Gasteiger partial charge in [0, 0.05) is 30.7 Å². The van der Waals surface area contributed by atoms with E-state index in [2.05, 4.69) is 57.2 Å². The van der Waals surface area contributed by atoms with Gasteiger partial charge in [-0.05, 0) is 63.6 Å². The zero-order valence-electron chi connectivity index (χ0n) is 17.8. The first-order valence-corrected chi connectivity index (χ1v) is 11.0. The van der Waals surface area contributed by atoms with Crippen molar-refractivity contribution in [3.05, 3.63) is 59.7 Å². The maximum atomic E-state index is 12.1. The summed E-state index contributed by atoms with van der Waals surface area (Å²) in [5.74, 6) is 2.79. The summed E-state index contributed by atoms with van der Waals surface area (Å²) in [5, 5.41) is 0. The van der Waals surface area contributed by atoms with Crippen LogP contribution in [0, 0.1) is 5.92 Å². The van der Waals surface area contributed by atoms with Gasteiger partial charge in [0.1, 0.15) is 22.9 Å². The van der Waals surface area contributed by atoms with Gasteiger partial charge in [0.15, 0.2) is 0 Å². The minimum atomic E-state index is -0.252. The molecule has 29 heavy (non-hydrogen) atoms. The van der Waals surface area contributed by atoms with E-state index in [1.807, 2.05) is 12.1 Å². The van der Waals surface area contributed by atoms with Crippen molar-refractivity contribution in [2.75, 3.05) is 0 Å². The molecule has 0 aromatic heterocycles. The Morgan fingerprint density at radius 2 is 1.97 bits per heavy atom. The maximum absolute atomic E-state index is 12.1. The summed E-state index contributed by atoms with van der Waals surface area (Å²) in [6.45, 7) is 6.44. The van der Waals surface area contributed by atoms with Gasteiger partial charge in [0.05, 0.1) is 6.10 Å². The highest BCUT2D eigenvalue weighted by Crippen LogP contribution is 2.51. The number of rotatable bonds is 6. The highest BCUT2D eigenvalue weighted by atomic mass is 16.5. The first kappa shape index (κ1) is 20.0. The fraction of sp³-hybridized carbons (Fsp3) is 0.500. The van der Waals surface area contributed by atoms with E-state index in [9.17, 15) is 4.79 Å². The van der Waals surface area contributed by atoms with Crippen LogP contribution in [0.15, 0.2) is 48.5 Å². The van der Waals surface area contributed by atoms with Crippen molar-refractivity contribution in [3.8, 4) is 11.5 Å². The fourth-order valence-electron chi connectivity index (χ4n) is 5.04. The lowest BCUT2D eigenvalue weighted by Gasteiger charge is -2.47. The average Bonchev–Trinajstić information content (AvgIpc) is 2.68. The monoisotopic (exact) mass is 392 g/mol. The second-order valence-corrected chi connectivity index (χ2v) is 9.21. The Morgan fingerprint density at radius 3 is 2.76 bits per heavy atom. The van der Waals surface area contributed by atoms with Crippen LogP contribution in [0.4, 0.5) is 0 Å². The van der Waals surface area contributed by atoms with Crippen molar-refractivity contribution in [3.63, 3.8) is 0 Å². The summed E-state index contributed by atoms with van der Waals surface area (Å²) in [5.41, 5.74) is 2.30. The SMILES string of the molecule is CC(CCCc1ccccc1)Oc1ccc2c(c1)OC(C)(C)C1CCC(=O)CC21. The van der Waals surface area contributed by atoms with Gasteiger partial charge < -0.3 is 9.47 Å². The van der Waals surface area contributed by atoms with E-state index in [1.54, 1.807) is 0 Å².